The quantitative estimate of drug-likeness (QED) is 0.879. The first kappa shape index (κ1) is 14.8. The van der Waals surface area contributed by atoms with Crippen LogP contribution in [0.1, 0.15) is 12.0 Å². The molecule has 2 atom stereocenters. The van der Waals surface area contributed by atoms with E-state index in [1.165, 1.54) is 6.07 Å². The van der Waals surface area contributed by atoms with Gasteiger partial charge in [-0.15, -0.1) is 0 Å². The van der Waals surface area contributed by atoms with E-state index in [1.54, 1.807) is 0 Å². The number of rotatable bonds is 3. The molecule has 0 aromatic heterocycles. The van der Waals surface area contributed by atoms with Gasteiger partial charge >= 0.3 is 12.1 Å². The minimum absolute atomic E-state index is 0.0206. The minimum Gasteiger partial charge on any atom is -0.481 e. The summed E-state index contributed by atoms with van der Waals surface area (Å²) in [5, 5.41) is 11.0. The van der Waals surface area contributed by atoms with Crippen LogP contribution in [0.25, 0.3) is 0 Å². The zero-order valence-electron chi connectivity index (χ0n) is 9.87. The van der Waals surface area contributed by atoms with E-state index in [9.17, 15) is 22.8 Å². The molecule has 1 aliphatic rings. The number of aliphatic carboxylic acids is 1. The predicted molar refractivity (Wildman–Crippen MR) is 67.0 cm³/mol. The molecular weight excluding hydrogens is 343 g/mol. The van der Waals surface area contributed by atoms with Crippen LogP contribution in [0.2, 0.25) is 0 Å². The van der Waals surface area contributed by atoms with Crippen LogP contribution in [-0.4, -0.2) is 17.0 Å². The summed E-state index contributed by atoms with van der Waals surface area (Å²) in [6, 6.07) is 3.03. The molecule has 2 N–H and O–H groups in total. The van der Waals surface area contributed by atoms with Crippen molar-refractivity contribution in [2.24, 2.45) is 11.8 Å². The average molecular weight is 352 g/mol. The number of hydrogen-bond donors (Lipinski definition) is 2. The monoisotopic (exact) mass is 351 g/mol. The topological polar surface area (TPSA) is 66.4 Å². The van der Waals surface area contributed by atoms with Crippen LogP contribution in [0.5, 0.6) is 0 Å². The van der Waals surface area contributed by atoms with Crippen molar-refractivity contribution in [3.8, 4) is 0 Å². The molecule has 1 amide bonds. The van der Waals surface area contributed by atoms with Crippen molar-refractivity contribution in [3.05, 3.63) is 28.2 Å². The molecule has 4 nitrogen and oxygen atoms in total. The van der Waals surface area contributed by atoms with Crippen LogP contribution in [0.4, 0.5) is 18.9 Å². The van der Waals surface area contributed by atoms with Gasteiger partial charge in [0.25, 0.3) is 0 Å². The van der Waals surface area contributed by atoms with Crippen LogP contribution in [-0.2, 0) is 15.8 Å². The van der Waals surface area contributed by atoms with Gasteiger partial charge in [-0.05, 0) is 24.6 Å². The summed E-state index contributed by atoms with van der Waals surface area (Å²) < 4.78 is 38.0. The Balaban J connectivity index is 2.12. The van der Waals surface area contributed by atoms with Gasteiger partial charge in [0.15, 0.2) is 0 Å². The molecule has 0 radical (unpaired) electrons. The molecule has 0 heterocycles. The van der Waals surface area contributed by atoms with Gasteiger partial charge in [0, 0.05) is 10.2 Å². The highest BCUT2D eigenvalue weighted by Crippen LogP contribution is 2.40. The van der Waals surface area contributed by atoms with E-state index in [1.807, 2.05) is 0 Å². The van der Waals surface area contributed by atoms with E-state index >= 15 is 0 Å². The number of carboxylic acid groups (broad SMARTS) is 1. The lowest BCUT2D eigenvalue weighted by atomic mass is 10.2. The van der Waals surface area contributed by atoms with Gasteiger partial charge < -0.3 is 10.4 Å². The highest BCUT2D eigenvalue weighted by molar-refractivity contribution is 9.10. The molecule has 20 heavy (non-hydrogen) atoms. The van der Waals surface area contributed by atoms with Crippen molar-refractivity contribution in [1.29, 1.82) is 0 Å². The Hall–Kier alpha value is -1.57. The molecule has 0 bridgehead atoms. The Morgan fingerprint density at radius 1 is 1.25 bits per heavy atom. The van der Waals surface area contributed by atoms with Gasteiger partial charge in [-0.2, -0.15) is 13.2 Å². The third-order valence-corrected chi connectivity index (χ3v) is 3.39. The van der Waals surface area contributed by atoms with E-state index in [0.717, 1.165) is 12.1 Å². The van der Waals surface area contributed by atoms with Gasteiger partial charge in [-0.3, -0.25) is 9.59 Å². The summed E-state index contributed by atoms with van der Waals surface area (Å²) in [4.78, 5) is 22.3. The van der Waals surface area contributed by atoms with Crippen molar-refractivity contribution < 1.29 is 27.9 Å². The van der Waals surface area contributed by atoms with Crippen molar-refractivity contribution >= 4 is 33.5 Å². The molecule has 1 aromatic rings. The fourth-order valence-electron chi connectivity index (χ4n) is 1.82. The minimum atomic E-state index is -4.52. The van der Waals surface area contributed by atoms with Gasteiger partial charge in [0.05, 0.1) is 17.4 Å². The second-order valence-electron chi connectivity index (χ2n) is 4.50. The molecule has 2 rings (SSSR count). The molecule has 0 saturated heterocycles. The summed E-state index contributed by atoms with van der Waals surface area (Å²) in [5.74, 6) is -3.08. The zero-order chi connectivity index (χ0) is 15.1. The van der Waals surface area contributed by atoms with Crippen LogP contribution >= 0.6 is 15.9 Å². The fraction of sp³-hybridized carbons (Fsp3) is 0.333. The molecule has 0 spiro atoms. The molecule has 2 unspecified atom stereocenters. The Labute approximate surface area is 120 Å². The first-order valence-electron chi connectivity index (χ1n) is 5.60. The number of hydrogen-bond acceptors (Lipinski definition) is 2. The Morgan fingerprint density at radius 3 is 2.40 bits per heavy atom. The number of amides is 1. The number of anilines is 1. The van der Waals surface area contributed by atoms with Crippen molar-refractivity contribution in [1.82, 2.24) is 0 Å². The predicted octanol–water partition coefficient (Wildman–Crippen LogP) is 3.13. The van der Waals surface area contributed by atoms with E-state index in [0.29, 0.717) is 0 Å². The van der Waals surface area contributed by atoms with E-state index < -0.39 is 35.5 Å². The number of alkyl halides is 3. The van der Waals surface area contributed by atoms with Crippen molar-refractivity contribution in [2.45, 2.75) is 12.6 Å². The Morgan fingerprint density at radius 2 is 1.90 bits per heavy atom. The smallest absolute Gasteiger partial charge is 0.416 e. The molecule has 1 saturated carbocycles. The first-order valence-corrected chi connectivity index (χ1v) is 6.39. The number of carbonyl (C=O) groups is 2. The summed E-state index contributed by atoms with van der Waals surface area (Å²) in [6.45, 7) is 0. The second-order valence-corrected chi connectivity index (χ2v) is 5.42. The maximum Gasteiger partial charge on any atom is 0.416 e. The SMILES string of the molecule is O=C(O)C1CC1C(=O)Nc1cc(Br)cc(C(F)(F)F)c1. The van der Waals surface area contributed by atoms with Gasteiger partial charge in [0.2, 0.25) is 5.91 Å². The van der Waals surface area contributed by atoms with Gasteiger partial charge in [0.1, 0.15) is 0 Å². The zero-order valence-corrected chi connectivity index (χ0v) is 11.5. The Bertz CT molecular complexity index is 574. The number of carboxylic acids is 1. The van der Waals surface area contributed by atoms with Crippen molar-refractivity contribution in [2.75, 3.05) is 5.32 Å². The lowest BCUT2D eigenvalue weighted by Crippen LogP contribution is -2.17. The summed E-state index contributed by atoms with van der Waals surface area (Å²) in [7, 11) is 0. The van der Waals surface area contributed by atoms with Crippen LogP contribution < -0.4 is 5.32 Å². The number of carbonyl (C=O) groups excluding carboxylic acids is 1. The van der Waals surface area contributed by atoms with Crippen LogP contribution in [0, 0.1) is 11.8 Å². The summed E-state index contributed by atoms with van der Waals surface area (Å²) in [5.41, 5.74) is -0.916. The van der Waals surface area contributed by atoms with E-state index in [-0.39, 0.29) is 16.6 Å². The Kier molecular flexibility index (Phi) is 3.77. The largest absolute Gasteiger partial charge is 0.481 e. The highest BCUT2D eigenvalue weighted by atomic mass is 79.9. The maximum absolute atomic E-state index is 12.6. The molecule has 8 heteroatoms. The van der Waals surface area contributed by atoms with E-state index in [2.05, 4.69) is 21.2 Å². The third kappa shape index (κ3) is 3.30. The standard InChI is InChI=1S/C12H9BrF3NO3/c13-6-1-5(12(14,15)16)2-7(3-6)17-10(18)8-4-9(8)11(19)20/h1-3,8-9H,4H2,(H,17,18)(H,19,20). The fourth-order valence-corrected chi connectivity index (χ4v) is 2.31. The lowest BCUT2D eigenvalue weighted by molar-refractivity contribution is -0.139. The molecule has 1 aromatic carbocycles. The first-order chi connectivity index (χ1) is 9.18. The lowest BCUT2D eigenvalue weighted by Gasteiger charge is -2.11. The van der Waals surface area contributed by atoms with Crippen LogP contribution in [0.15, 0.2) is 22.7 Å². The molecular formula is C12H9BrF3NO3. The number of nitrogens with one attached hydrogen (secondary N) is 1. The molecule has 0 aliphatic heterocycles. The van der Waals surface area contributed by atoms with E-state index in [4.69, 9.17) is 5.11 Å². The van der Waals surface area contributed by atoms with Crippen LogP contribution in [0.3, 0.4) is 0 Å². The van der Waals surface area contributed by atoms with Gasteiger partial charge in [-0.1, -0.05) is 15.9 Å². The molecule has 108 valence electrons. The number of benzene rings is 1. The summed E-state index contributed by atoms with van der Waals surface area (Å²) >= 11 is 2.94. The second kappa shape index (κ2) is 5.08. The highest BCUT2D eigenvalue weighted by Gasteiger charge is 2.48. The third-order valence-electron chi connectivity index (χ3n) is 2.94. The normalized spacial score (nSPS) is 21.4. The maximum atomic E-state index is 12.6. The summed E-state index contributed by atoms with van der Waals surface area (Å²) in [6.07, 6.45) is -4.31. The van der Waals surface area contributed by atoms with Gasteiger partial charge in [-0.25, -0.2) is 0 Å². The average Bonchev–Trinajstić information content (AvgIpc) is 3.06. The molecule has 1 aliphatic carbocycles. The molecule has 1 fully saturated rings. The van der Waals surface area contributed by atoms with Crippen molar-refractivity contribution in [3.63, 3.8) is 0 Å². The number of halogens is 4.